The maximum Gasteiger partial charge on any atom is 0.337 e. The Kier molecular flexibility index (Phi) is 8.62. The first-order chi connectivity index (χ1) is 12.5. The molecule has 0 spiro atoms. The Morgan fingerprint density at radius 1 is 1.42 bits per heavy atom. The number of likely N-dealkylation sites (tertiary alicyclic amines) is 1. The van der Waals surface area contributed by atoms with Crippen LogP contribution >= 0.6 is 23.8 Å². The highest BCUT2D eigenvalue weighted by Gasteiger charge is 2.19. The van der Waals surface area contributed by atoms with Crippen LogP contribution < -0.4 is 10.6 Å². The lowest BCUT2D eigenvalue weighted by Gasteiger charge is -2.35. The van der Waals surface area contributed by atoms with E-state index in [2.05, 4.69) is 22.5 Å². The Hall–Kier alpha value is -1.37. The highest BCUT2D eigenvalue weighted by molar-refractivity contribution is 7.80. The molecular formula is C19H28ClN3O2S. The van der Waals surface area contributed by atoms with E-state index in [4.69, 9.17) is 28.6 Å². The molecule has 1 aromatic rings. The molecule has 0 amide bonds. The zero-order valence-corrected chi connectivity index (χ0v) is 17.1. The van der Waals surface area contributed by atoms with E-state index in [0.29, 0.717) is 21.4 Å². The molecule has 0 saturated carbocycles. The SMILES string of the molecule is CC[C@H]1CCCCN1CCCNC(=S)Nc1cc(C(=O)OC)ccc1Cl. The molecule has 0 aliphatic carbocycles. The summed E-state index contributed by atoms with van der Waals surface area (Å²) in [6.45, 7) is 5.36. The van der Waals surface area contributed by atoms with E-state index in [1.54, 1.807) is 18.2 Å². The molecule has 1 heterocycles. The summed E-state index contributed by atoms with van der Waals surface area (Å²) in [5.74, 6) is -0.407. The van der Waals surface area contributed by atoms with Gasteiger partial charge in [-0.2, -0.15) is 0 Å². The summed E-state index contributed by atoms with van der Waals surface area (Å²) >= 11 is 11.5. The molecule has 0 aromatic heterocycles. The normalized spacial score (nSPS) is 17.6. The second-order valence-electron chi connectivity index (χ2n) is 6.51. The maximum atomic E-state index is 11.6. The number of benzene rings is 1. The van der Waals surface area contributed by atoms with Crippen LogP contribution in [0.3, 0.4) is 0 Å². The minimum Gasteiger partial charge on any atom is -0.465 e. The van der Waals surface area contributed by atoms with Crippen LogP contribution in [0, 0.1) is 0 Å². The second kappa shape index (κ2) is 10.7. The standard InChI is InChI=1S/C19H28ClN3O2S/c1-3-15-7-4-5-11-23(15)12-6-10-21-19(26)22-17-13-14(18(24)25-2)8-9-16(17)20/h8-9,13,15H,3-7,10-12H2,1-2H3,(H2,21,22,26)/t15-/m0/s1. The predicted octanol–water partition coefficient (Wildman–Crippen LogP) is 4.07. The molecule has 7 heteroatoms. The molecule has 0 radical (unpaired) electrons. The largest absolute Gasteiger partial charge is 0.465 e. The van der Waals surface area contributed by atoms with Crippen molar-refractivity contribution in [3.63, 3.8) is 0 Å². The first-order valence-corrected chi connectivity index (χ1v) is 10.0. The number of hydrogen-bond acceptors (Lipinski definition) is 4. The van der Waals surface area contributed by atoms with E-state index in [0.717, 1.165) is 25.6 Å². The number of piperidine rings is 1. The number of rotatable bonds is 7. The number of nitrogens with zero attached hydrogens (tertiary/aromatic N) is 1. The van der Waals surface area contributed by atoms with E-state index < -0.39 is 5.97 Å². The van der Waals surface area contributed by atoms with Crippen LogP contribution in [-0.2, 0) is 4.74 Å². The topological polar surface area (TPSA) is 53.6 Å². The number of anilines is 1. The Balaban J connectivity index is 1.77. The number of esters is 1. The van der Waals surface area contributed by atoms with Crippen LogP contribution in [0.25, 0.3) is 0 Å². The molecule has 1 aliphatic rings. The van der Waals surface area contributed by atoms with Gasteiger partial charge in [-0.3, -0.25) is 0 Å². The molecule has 2 N–H and O–H groups in total. The third kappa shape index (κ3) is 6.11. The van der Waals surface area contributed by atoms with Gasteiger partial charge in [0.05, 0.1) is 23.4 Å². The van der Waals surface area contributed by atoms with Gasteiger partial charge in [-0.1, -0.05) is 24.9 Å². The number of thiocarbonyl (C=S) groups is 1. The predicted molar refractivity (Wildman–Crippen MR) is 111 cm³/mol. The smallest absolute Gasteiger partial charge is 0.337 e. The zero-order valence-electron chi connectivity index (χ0n) is 15.5. The van der Waals surface area contributed by atoms with Crippen LogP contribution in [0.15, 0.2) is 18.2 Å². The van der Waals surface area contributed by atoms with Gasteiger partial charge in [0.1, 0.15) is 0 Å². The van der Waals surface area contributed by atoms with Crippen molar-refractivity contribution >= 4 is 40.6 Å². The van der Waals surface area contributed by atoms with Gasteiger partial charge >= 0.3 is 5.97 Å². The Labute approximate surface area is 166 Å². The van der Waals surface area contributed by atoms with Crippen LogP contribution in [-0.4, -0.2) is 48.8 Å². The van der Waals surface area contributed by atoms with Gasteiger partial charge in [-0.25, -0.2) is 4.79 Å². The minimum absolute atomic E-state index is 0.407. The summed E-state index contributed by atoms with van der Waals surface area (Å²) < 4.78 is 4.73. The van der Waals surface area contributed by atoms with Crippen molar-refractivity contribution in [3.8, 4) is 0 Å². The monoisotopic (exact) mass is 397 g/mol. The van der Waals surface area contributed by atoms with Crippen LogP contribution in [0.1, 0.15) is 49.4 Å². The molecule has 26 heavy (non-hydrogen) atoms. The molecule has 5 nitrogen and oxygen atoms in total. The van der Waals surface area contributed by atoms with Gasteiger partial charge in [-0.15, -0.1) is 0 Å². The number of ether oxygens (including phenoxy) is 1. The number of halogens is 1. The van der Waals surface area contributed by atoms with E-state index in [9.17, 15) is 4.79 Å². The molecule has 144 valence electrons. The van der Waals surface area contributed by atoms with Crippen molar-refractivity contribution in [1.29, 1.82) is 0 Å². The number of methoxy groups -OCH3 is 1. The quantitative estimate of drug-likeness (QED) is 0.411. The van der Waals surface area contributed by atoms with Gasteiger partial charge in [0.25, 0.3) is 0 Å². The molecule has 1 saturated heterocycles. The number of carbonyl (C=O) groups is 1. The average Bonchev–Trinajstić information content (AvgIpc) is 2.66. The van der Waals surface area contributed by atoms with Crippen molar-refractivity contribution < 1.29 is 9.53 Å². The molecule has 0 bridgehead atoms. The lowest BCUT2D eigenvalue weighted by atomic mass is 10.00. The zero-order chi connectivity index (χ0) is 18.9. The van der Waals surface area contributed by atoms with E-state index in [-0.39, 0.29) is 0 Å². The van der Waals surface area contributed by atoms with E-state index in [1.807, 2.05) is 0 Å². The Bertz CT molecular complexity index is 627. The van der Waals surface area contributed by atoms with Crippen molar-refractivity contribution in [2.45, 2.75) is 45.1 Å². The molecule has 2 rings (SSSR count). The van der Waals surface area contributed by atoms with Gasteiger partial charge in [-0.05, 0) is 62.6 Å². The van der Waals surface area contributed by atoms with Crippen molar-refractivity contribution in [1.82, 2.24) is 10.2 Å². The molecule has 1 aliphatic heterocycles. The van der Waals surface area contributed by atoms with E-state index >= 15 is 0 Å². The van der Waals surface area contributed by atoms with Gasteiger partial charge in [0, 0.05) is 19.1 Å². The molecular weight excluding hydrogens is 370 g/mol. The lowest BCUT2D eigenvalue weighted by Crippen LogP contribution is -2.41. The Morgan fingerprint density at radius 2 is 2.23 bits per heavy atom. The molecule has 1 atom stereocenters. The first kappa shape index (κ1) is 20.9. The molecule has 1 aromatic carbocycles. The second-order valence-corrected chi connectivity index (χ2v) is 7.33. The van der Waals surface area contributed by atoms with Gasteiger partial charge in [0.2, 0.25) is 0 Å². The fraction of sp³-hybridized carbons (Fsp3) is 0.579. The summed E-state index contributed by atoms with van der Waals surface area (Å²) in [4.78, 5) is 14.2. The average molecular weight is 398 g/mol. The third-order valence-electron chi connectivity index (χ3n) is 4.76. The number of carbonyl (C=O) groups excluding carboxylic acids is 1. The molecule has 0 unspecified atom stereocenters. The fourth-order valence-corrected chi connectivity index (χ4v) is 3.71. The summed E-state index contributed by atoms with van der Waals surface area (Å²) in [7, 11) is 1.35. The fourth-order valence-electron chi connectivity index (χ4n) is 3.33. The van der Waals surface area contributed by atoms with Gasteiger partial charge in [0.15, 0.2) is 5.11 Å². The van der Waals surface area contributed by atoms with Crippen LogP contribution in [0.4, 0.5) is 5.69 Å². The van der Waals surface area contributed by atoms with Crippen molar-refractivity contribution in [2.24, 2.45) is 0 Å². The highest BCUT2D eigenvalue weighted by atomic mass is 35.5. The maximum absolute atomic E-state index is 11.6. The minimum atomic E-state index is -0.407. The summed E-state index contributed by atoms with van der Waals surface area (Å²) in [6.07, 6.45) is 6.24. The van der Waals surface area contributed by atoms with Crippen LogP contribution in [0.2, 0.25) is 5.02 Å². The highest BCUT2D eigenvalue weighted by Crippen LogP contribution is 2.23. The number of hydrogen-bond donors (Lipinski definition) is 2. The lowest BCUT2D eigenvalue weighted by molar-refractivity contribution is 0.0601. The summed E-state index contributed by atoms with van der Waals surface area (Å²) in [5.41, 5.74) is 1.02. The number of nitrogens with one attached hydrogen (secondary N) is 2. The molecule has 1 fully saturated rings. The van der Waals surface area contributed by atoms with E-state index in [1.165, 1.54) is 39.3 Å². The third-order valence-corrected chi connectivity index (χ3v) is 5.34. The Morgan fingerprint density at radius 3 is 2.96 bits per heavy atom. The summed E-state index contributed by atoms with van der Waals surface area (Å²) in [5, 5.41) is 7.27. The summed E-state index contributed by atoms with van der Waals surface area (Å²) in [6, 6.07) is 5.65. The van der Waals surface area contributed by atoms with Gasteiger partial charge < -0.3 is 20.3 Å². The van der Waals surface area contributed by atoms with Crippen molar-refractivity contribution in [3.05, 3.63) is 28.8 Å². The van der Waals surface area contributed by atoms with Crippen LogP contribution in [0.5, 0.6) is 0 Å². The first-order valence-electron chi connectivity index (χ1n) is 9.22. The van der Waals surface area contributed by atoms with Crippen molar-refractivity contribution in [2.75, 3.05) is 32.1 Å².